The molecule has 0 aliphatic carbocycles. The van der Waals surface area contributed by atoms with E-state index in [4.69, 9.17) is 0 Å². The molecule has 4 rings (SSSR count). The van der Waals surface area contributed by atoms with Crippen molar-refractivity contribution < 1.29 is 13.3 Å². The van der Waals surface area contributed by atoms with Crippen molar-refractivity contribution in [2.24, 2.45) is 0 Å². The summed E-state index contributed by atoms with van der Waals surface area (Å²) in [5.74, 6) is 0. The van der Waals surface area contributed by atoms with Crippen LogP contribution in [0, 0.1) is 10.1 Å². The molecule has 0 saturated carbocycles. The van der Waals surface area contributed by atoms with E-state index in [0.29, 0.717) is 3.97 Å². The van der Waals surface area contributed by atoms with E-state index in [1.165, 1.54) is 18.2 Å². The third-order valence-electron chi connectivity index (χ3n) is 4.09. The molecular weight excluding hydrogens is 358 g/mol. The summed E-state index contributed by atoms with van der Waals surface area (Å²) in [7, 11) is -4.17. The highest BCUT2D eigenvalue weighted by Gasteiger charge is 2.24. The number of hydrogen-bond acceptors (Lipinski definition) is 5. The van der Waals surface area contributed by atoms with Crippen LogP contribution in [0.2, 0.25) is 0 Å². The van der Waals surface area contributed by atoms with Gasteiger partial charge in [-0.3, -0.25) is 10.1 Å². The van der Waals surface area contributed by atoms with E-state index < -0.39 is 20.6 Å². The zero-order valence-electron chi connectivity index (χ0n) is 13.1. The summed E-state index contributed by atoms with van der Waals surface area (Å²) < 4.78 is 26.6. The molecule has 1 heterocycles. The SMILES string of the molecule is O=c1[nH]c2cc([N+](=O)[O-])ccc2n1S(=O)(=O)c1ccc2ccccc2c1. The number of fused-ring (bicyclic) bond motifs is 2. The molecule has 26 heavy (non-hydrogen) atoms. The first-order chi connectivity index (χ1) is 12.4. The van der Waals surface area contributed by atoms with Gasteiger partial charge in [-0.2, -0.15) is 3.97 Å². The predicted molar refractivity (Wildman–Crippen MR) is 95.7 cm³/mol. The maximum absolute atomic E-state index is 13.0. The summed E-state index contributed by atoms with van der Waals surface area (Å²) in [5.41, 5.74) is -0.995. The van der Waals surface area contributed by atoms with E-state index in [9.17, 15) is 23.3 Å². The van der Waals surface area contributed by atoms with Gasteiger partial charge in [-0.1, -0.05) is 30.3 Å². The number of H-pyrrole nitrogens is 1. The Kier molecular flexibility index (Phi) is 3.41. The standard InChI is InChI=1S/C17H11N3O5S/c21-17-18-15-10-13(20(22)23)6-8-16(15)19(17)26(24,25)14-7-5-11-3-1-2-4-12(11)9-14/h1-10H,(H,18,21). The molecule has 0 aliphatic rings. The zero-order valence-corrected chi connectivity index (χ0v) is 13.9. The molecule has 0 radical (unpaired) electrons. The van der Waals surface area contributed by atoms with Crippen LogP contribution in [0.3, 0.4) is 0 Å². The van der Waals surface area contributed by atoms with E-state index in [2.05, 4.69) is 4.98 Å². The van der Waals surface area contributed by atoms with Crippen LogP contribution in [0.15, 0.2) is 70.4 Å². The van der Waals surface area contributed by atoms with Gasteiger partial charge < -0.3 is 4.98 Å². The summed E-state index contributed by atoms with van der Waals surface area (Å²) in [6.07, 6.45) is 0. The number of nitro benzene ring substituents is 1. The molecule has 4 aromatic rings. The molecule has 1 N–H and O–H groups in total. The number of hydrogen-bond donors (Lipinski definition) is 1. The van der Waals surface area contributed by atoms with Gasteiger partial charge in [0.25, 0.3) is 15.7 Å². The Morgan fingerprint density at radius 1 is 0.962 bits per heavy atom. The molecule has 3 aromatic carbocycles. The summed E-state index contributed by atoms with van der Waals surface area (Å²) >= 11 is 0. The lowest BCUT2D eigenvalue weighted by molar-refractivity contribution is -0.384. The fourth-order valence-electron chi connectivity index (χ4n) is 2.86. The van der Waals surface area contributed by atoms with E-state index >= 15 is 0 Å². The molecule has 8 nitrogen and oxygen atoms in total. The van der Waals surface area contributed by atoms with Crippen LogP contribution >= 0.6 is 0 Å². The van der Waals surface area contributed by atoms with Gasteiger partial charge in [0.15, 0.2) is 0 Å². The highest BCUT2D eigenvalue weighted by molar-refractivity contribution is 7.90. The van der Waals surface area contributed by atoms with Gasteiger partial charge in [0, 0.05) is 12.1 Å². The van der Waals surface area contributed by atoms with E-state index in [0.717, 1.165) is 22.9 Å². The Morgan fingerprint density at radius 3 is 2.42 bits per heavy atom. The van der Waals surface area contributed by atoms with Crippen molar-refractivity contribution in [3.63, 3.8) is 0 Å². The average molecular weight is 369 g/mol. The molecule has 0 spiro atoms. The normalized spacial score (nSPS) is 11.8. The third-order valence-corrected chi connectivity index (χ3v) is 5.79. The first-order valence-electron chi connectivity index (χ1n) is 7.51. The molecule has 130 valence electrons. The van der Waals surface area contributed by atoms with E-state index in [1.807, 2.05) is 12.1 Å². The Hall–Kier alpha value is -3.46. The topological polar surface area (TPSA) is 115 Å². The number of nitro groups is 1. The Balaban J connectivity index is 1.96. The lowest BCUT2D eigenvalue weighted by Gasteiger charge is -2.07. The molecule has 0 amide bonds. The van der Waals surface area contributed by atoms with Crippen molar-refractivity contribution in [3.8, 4) is 0 Å². The summed E-state index contributed by atoms with van der Waals surface area (Å²) in [5, 5.41) is 12.5. The number of nitrogens with zero attached hydrogens (tertiary/aromatic N) is 2. The summed E-state index contributed by atoms with van der Waals surface area (Å²) in [6.45, 7) is 0. The first-order valence-corrected chi connectivity index (χ1v) is 8.95. The van der Waals surface area contributed by atoms with Crippen LogP contribution in [-0.2, 0) is 10.0 Å². The van der Waals surface area contributed by atoms with Gasteiger partial charge in [0.05, 0.1) is 20.9 Å². The molecular formula is C17H11N3O5S. The molecule has 1 aromatic heterocycles. The van der Waals surface area contributed by atoms with Gasteiger partial charge in [-0.15, -0.1) is 0 Å². The molecule has 0 bridgehead atoms. The highest BCUT2D eigenvalue weighted by Crippen LogP contribution is 2.24. The minimum atomic E-state index is -4.17. The van der Waals surface area contributed by atoms with Crippen LogP contribution in [-0.4, -0.2) is 22.3 Å². The molecule has 0 saturated heterocycles. The maximum Gasteiger partial charge on any atom is 0.340 e. The Morgan fingerprint density at radius 2 is 1.69 bits per heavy atom. The van der Waals surface area contributed by atoms with Crippen LogP contribution in [0.5, 0.6) is 0 Å². The summed E-state index contributed by atoms with van der Waals surface area (Å²) in [4.78, 5) is 24.8. The minimum absolute atomic E-state index is 0.0439. The molecule has 0 fully saturated rings. The van der Waals surface area contributed by atoms with E-state index in [1.54, 1.807) is 18.2 Å². The number of aromatic nitrogens is 2. The largest absolute Gasteiger partial charge is 0.340 e. The van der Waals surface area contributed by atoms with E-state index in [-0.39, 0.29) is 21.6 Å². The second-order valence-corrected chi connectivity index (χ2v) is 7.45. The lowest BCUT2D eigenvalue weighted by Crippen LogP contribution is -2.25. The maximum atomic E-state index is 13.0. The second-order valence-electron chi connectivity index (χ2n) is 5.67. The number of nitrogens with one attached hydrogen (secondary N) is 1. The summed E-state index contributed by atoms with van der Waals surface area (Å²) in [6, 6.07) is 15.3. The highest BCUT2D eigenvalue weighted by atomic mass is 32.2. The molecule has 9 heteroatoms. The van der Waals surface area contributed by atoms with Crippen molar-refractivity contribution in [2.75, 3.05) is 0 Å². The Bertz CT molecular complexity index is 1350. The smallest absolute Gasteiger partial charge is 0.304 e. The second kappa shape index (κ2) is 5.53. The van der Waals surface area contributed by atoms with Crippen LogP contribution in [0.25, 0.3) is 21.8 Å². The average Bonchev–Trinajstić information content (AvgIpc) is 2.96. The van der Waals surface area contributed by atoms with Gasteiger partial charge in [-0.05, 0) is 29.0 Å². The van der Waals surface area contributed by atoms with Crippen molar-refractivity contribution in [1.82, 2.24) is 8.96 Å². The molecule has 0 aliphatic heterocycles. The third kappa shape index (κ3) is 2.37. The van der Waals surface area contributed by atoms with Crippen molar-refractivity contribution in [2.45, 2.75) is 4.90 Å². The lowest BCUT2D eigenvalue weighted by atomic mass is 10.1. The monoisotopic (exact) mass is 369 g/mol. The number of rotatable bonds is 3. The fraction of sp³-hybridized carbons (Fsp3) is 0. The molecule has 0 atom stereocenters. The van der Waals surface area contributed by atoms with Gasteiger partial charge in [0.1, 0.15) is 0 Å². The van der Waals surface area contributed by atoms with Crippen LogP contribution in [0.1, 0.15) is 0 Å². The fourth-order valence-corrected chi connectivity index (χ4v) is 4.27. The number of benzene rings is 3. The number of aromatic amines is 1. The Labute approximate surface area is 146 Å². The van der Waals surface area contributed by atoms with Crippen LogP contribution < -0.4 is 5.69 Å². The van der Waals surface area contributed by atoms with Crippen molar-refractivity contribution in [1.29, 1.82) is 0 Å². The van der Waals surface area contributed by atoms with Crippen LogP contribution in [0.4, 0.5) is 5.69 Å². The number of non-ortho nitro benzene ring substituents is 1. The first kappa shape index (κ1) is 16.0. The van der Waals surface area contributed by atoms with Gasteiger partial charge >= 0.3 is 5.69 Å². The molecule has 0 unspecified atom stereocenters. The minimum Gasteiger partial charge on any atom is -0.304 e. The van der Waals surface area contributed by atoms with Gasteiger partial charge in [0.2, 0.25) is 0 Å². The van der Waals surface area contributed by atoms with Crippen molar-refractivity contribution in [3.05, 3.63) is 81.3 Å². The zero-order chi connectivity index (χ0) is 18.5. The number of imidazole rings is 1. The predicted octanol–water partition coefficient (Wildman–Crippen LogP) is 2.63. The van der Waals surface area contributed by atoms with Gasteiger partial charge in [-0.25, -0.2) is 13.2 Å². The van der Waals surface area contributed by atoms with Crippen molar-refractivity contribution >= 4 is 37.5 Å². The quantitative estimate of drug-likeness (QED) is 0.440.